The third-order valence-corrected chi connectivity index (χ3v) is 6.34. The second-order valence-corrected chi connectivity index (χ2v) is 8.93. The molecule has 0 spiro atoms. The van der Waals surface area contributed by atoms with Crippen molar-refractivity contribution >= 4 is 38.2 Å². The van der Waals surface area contributed by atoms with E-state index in [0.717, 1.165) is 23.7 Å². The van der Waals surface area contributed by atoms with E-state index in [0.29, 0.717) is 12.4 Å². The Balaban J connectivity index is 1.66. The summed E-state index contributed by atoms with van der Waals surface area (Å²) in [5, 5.41) is 2.78. The molecule has 1 heterocycles. The van der Waals surface area contributed by atoms with Crippen molar-refractivity contribution in [3.63, 3.8) is 0 Å². The van der Waals surface area contributed by atoms with E-state index < -0.39 is 10.1 Å². The van der Waals surface area contributed by atoms with Crippen molar-refractivity contribution in [2.24, 2.45) is 0 Å². The lowest BCUT2D eigenvalue weighted by atomic mass is 10.2. The fraction of sp³-hybridized carbons (Fsp3) is 0.211. The summed E-state index contributed by atoms with van der Waals surface area (Å²) >= 11 is 7.47. The van der Waals surface area contributed by atoms with E-state index in [9.17, 15) is 8.42 Å². The van der Waals surface area contributed by atoms with Crippen LogP contribution in [-0.4, -0.2) is 15.0 Å². The highest BCUT2D eigenvalue weighted by Gasteiger charge is 2.20. The zero-order valence-electron chi connectivity index (χ0n) is 15.2. The highest BCUT2D eigenvalue weighted by molar-refractivity contribution is 7.87. The number of rotatable bonds is 8. The average Bonchev–Trinajstić information content (AvgIpc) is 3.03. The van der Waals surface area contributed by atoms with Gasteiger partial charge in [-0.2, -0.15) is 8.42 Å². The number of ether oxygens (including phenoxy) is 1. The summed E-state index contributed by atoms with van der Waals surface area (Å²) in [6.45, 7) is 3.04. The lowest BCUT2D eigenvalue weighted by Crippen LogP contribution is -2.34. The number of nitrogen functional groups attached to an aromatic ring is 1. The van der Waals surface area contributed by atoms with Gasteiger partial charge < -0.3 is 8.92 Å². The largest absolute Gasteiger partial charge is 0.493 e. The predicted octanol–water partition coefficient (Wildman–Crippen LogP) is 3.82. The lowest BCUT2D eigenvalue weighted by Gasteiger charge is -2.11. The van der Waals surface area contributed by atoms with Crippen LogP contribution < -0.4 is 19.2 Å². The molecule has 0 saturated heterocycles. The molecule has 0 aliphatic heterocycles. The minimum Gasteiger partial charge on any atom is -0.493 e. The molecular formula is C19H20ClN2O4S2+. The summed E-state index contributed by atoms with van der Waals surface area (Å²) in [4.78, 5) is -0.0778. The maximum Gasteiger partial charge on any atom is 0.340 e. The highest BCUT2D eigenvalue weighted by atomic mass is 35.5. The first kappa shape index (κ1) is 20.4. The molecular weight excluding hydrogens is 420 g/mol. The Morgan fingerprint density at radius 2 is 1.93 bits per heavy atom. The molecule has 148 valence electrons. The third kappa shape index (κ3) is 5.15. The SMILES string of the molecule is Cc1cc(OCCC[n+]2ccsc2N)cc(OS(=O)(=O)c2ccccc2Cl)c1. The standard InChI is InChI=1S/C19H19ClN2O4S2/c1-14-11-15(25-9-4-7-22-8-10-27-19(22)21)13-16(12-14)26-28(23,24)18-6-3-2-5-17(18)20/h2-3,5-6,8,10-13,21H,4,7,9H2,1H3/p+1. The first-order valence-electron chi connectivity index (χ1n) is 8.51. The molecule has 3 aromatic rings. The number of benzene rings is 2. The molecule has 0 atom stereocenters. The average molecular weight is 440 g/mol. The fourth-order valence-electron chi connectivity index (χ4n) is 2.59. The van der Waals surface area contributed by atoms with Crippen molar-refractivity contribution in [2.75, 3.05) is 12.3 Å². The highest BCUT2D eigenvalue weighted by Crippen LogP contribution is 2.28. The van der Waals surface area contributed by atoms with Gasteiger partial charge in [0.2, 0.25) is 0 Å². The van der Waals surface area contributed by atoms with Crippen LogP contribution in [0.25, 0.3) is 0 Å². The monoisotopic (exact) mass is 439 g/mol. The van der Waals surface area contributed by atoms with Gasteiger partial charge in [-0.25, -0.2) is 4.57 Å². The summed E-state index contributed by atoms with van der Waals surface area (Å²) in [6, 6.07) is 11.1. The van der Waals surface area contributed by atoms with Crippen LogP contribution in [0.3, 0.4) is 0 Å². The first-order chi connectivity index (χ1) is 13.3. The Morgan fingerprint density at radius 3 is 2.64 bits per heavy atom. The number of anilines is 1. The second kappa shape index (κ2) is 8.81. The Morgan fingerprint density at radius 1 is 1.18 bits per heavy atom. The first-order valence-corrected chi connectivity index (χ1v) is 11.2. The van der Waals surface area contributed by atoms with Gasteiger partial charge in [0.05, 0.1) is 18.2 Å². The van der Waals surface area contributed by atoms with Crippen molar-refractivity contribution in [3.05, 3.63) is 64.6 Å². The van der Waals surface area contributed by atoms with E-state index >= 15 is 0 Å². The van der Waals surface area contributed by atoms with Crippen LogP contribution in [-0.2, 0) is 16.7 Å². The third-order valence-electron chi connectivity index (χ3n) is 3.86. The zero-order chi connectivity index (χ0) is 20.1. The normalized spacial score (nSPS) is 11.4. The van der Waals surface area contributed by atoms with Crippen molar-refractivity contribution in [1.29, 1.82) is 0 Å². The Bertz CT molecular complexity index is 1070. The second-order valence-electron chi connectivity index (χ2n) is 6.09. The van der Waals surface area contributed by atoms with Gasteiger partial charge in [-0.1, -0.05) is 35.1 Å². The van der Waals surface area contributed by atoms with Crippen LogP contribution in [0.4, 0.5) is 5.13 Å². The molecule has 0 aliphatic carbocycles. The van der Waals surface area contributed by atoms with Gasteiger partial charge in [0.15, 0.2) is 0 Å². The van der Waals surface area contributed by atoms with Gasteiger partial charge in [-0.15, -0.1) is 0 Å². The number of thiazole rings is 1. The van der Waals surface area contributed by atoms with Crippen LogP contribution in [0, 0.1) is 6.92 Å². The molecule has 28 heavy (non-hydrogen) atoms. The van der Waals surface area contributed by atoms with Crippen LogP contribution in [0.15, 0.2) is 58.9 Å². The Labute approximate surface area is 173 Å². The van der Waals surface area contributed by atoms with Gasteiger partial charge in [0.25, 0.3) is 0 Å². The summed E-state index contributed by atoms with van der Waals surface area (Å²) in [7, 11) is -4.04. The van der Waals surface area contributed by atoms with Gasteiger partial charge >= 0.3 is 15.2 Å². The summed E-state index contributed by atoms with van der Waals surface area (Å²) < 4.78 is 38.0. The molecule has 2 aromatic carbocycles. The minimum absolute atomic E-state index is 0.0778. The molecule has 9 heteroatoms. The smallest absolute Gasteiger partial charge is 0.340 e. The topological polar surface area (TPSA) is 82.5 Å². The number of aromatic nitrogens is 1. The number of aryl methyl sites for hydroxylation is 2. The zero-order valence-corrected chi connectivity index (χ0v) is 17.6. The molecule has 0 amide bonds. The van der Waals surface area contributed by atoms with Gasteiger partial charge in [0, 0.05) is 17.9 Å². The summed E-state index contributed by atoms with van der Waals surface area (Å²) in [5.41, 5.74) is 6.67. The van der Waals surface area contributed by atoms with E-state index in [-0.39, 0.29) is 15.7 Å². The molecule has 2 N–H and O–H groups in total. The van der Waals surface area contributed by atoms with Crippen molar-refractivity contribution < 1.29 is 21.9 Å². The molecule has 3 rings (SSSR count). The van der Waals surface area contributed by atoms with E-state index in [1.165, 1.54) is 23.5 Å². The molecule has 0 fully saturated rings. The predicted molar refractivity (Wildman–Crippen MR) is 109 cm³/mol. The summed E-state index contributed by atoms with van der Waals surface area (Å²) in [6.07, 6.45) is 2.69. The molecule has 0 aliphatic rings. The van der Waals surface area contributed by atoms with Crippen LogP contribution >= 0.6 is 22.9 Å². The number of hydrogen-bond donors (Lipinski definition) is 1. The minimum atomic E-state index is -4.04. The van der Waals surface area contributed by atoms with E-state index in [1.807, 2.05) is 29.1 Å². The molecule has 0 radical (unpaired) electrons. The van der Waals surface area contributed by atoms with Crippen molar-refractivity contribution in [3.8, 4) is 11.5 Å². The quantitative estimate of drug-likeness (QED) is 0.328. The lowest BCUT2D eigenvalue weighted by molar-refractivity contribution is -0.679. The van der Waals surface area contributed by atoms with Crippen molar-refractivity contribution in [1.82, 2.24) is 0 Å². The van der Waals surface area contributed by atoms with Crippen LogP contribution in [0.5, 0.6) is 11.5 Å². The van der Waals surface area contributed by atoms with Crippen molar-refractivity contribution in [2.45, 2.75) is 24.8 Å². The number of hydrogen-bond acceptors (Lipinski definition) is 6. The maximum absolute atomic E-state index is 12.5. The van der Waals surface area contributed by atoms with Crippen LogP contribution in [0.1, 0.15) is 12.0 Å². The van der Waals surface area contributed by atoms with E-state index in [1.54, 1.807) is 24.3 Å². The fourth-order valence-corrected chi connectivity index (χ4v) is 4.63. The summed E-state index contributed by atoms with van der Waals surface area (Å²) in [5.74, 6) is 0.707. The number of nitrogens with zero attached hydrogens (tertiary/aromatic N) is 1. The number of nitrogens with two attached hydrogens (primary N) is 1. The van der Waals surface area contributed by atoms with E-state index in [2.05, 4.69) is 0 Å². The van der Waals surface area contributed by atoms with Crippen LogP contribution in [0.2, 0.25) is 5.02 Å². The van der Waals surface area contributed by atoms with Gasteiger partial charge in [0.1, 0.15) is 22.6 Å². The Kier molecular flexibility index (Phi) is 6.43. The Hall–Kier alpha value is -2.29. The molecule has 0 bridgehead atoms. The van der Waals surface area contributed by atoms with Gasteiger partial charge in [-0.05, 0) is 36.8 Å². The molecule has 6 nitrogen and oxygen atoms in total. The number of halogens is 1. The molecule has 0 unspecified atom stereocenters. The molecule has 0 saturated carbocycles. The van der Waals surface area contributed by atoms with Gasteiger partial charge in [-0.3, -0.25) is 5.73 Å². The maximum atomic E-state index is 12.5. The van der Waals surface area contributed by atoms with E-state index in [4.69, 9.17) is 26.3 Å². The molecule has 1 aromatic heterocycles.